The lowest BCUT2D eigenvalue weighted by molar-refractivity contribution is -0.103. The van der Waals surface area contributed by atoms with Gasteiger partial charge in [0.05, 0.1) is 11.7 Å². The molecular formula is C12H25NO2S. The van der Waals surface area contributed by atoms with Gasteiger partial charge in [-0.05, 0) is 40.5 Å². The van der Waals surface area contributed by atoms with E-state index in [0.29, 0.717) is 18.2 Å². The molecule has 0 aromatic heterocycles. The third-order valence-electron chi connectivity index (χ3n) is 2.62. The smallest absolute Gasteiger partial charge is 0.0612 e. The molecule has 1 aliphatic carbocycles. The topological polar surface area (TPSA) is 38.3 Å². The van der Waals surface area contributed by atoms with Crippen molar-refractivity contribution in [3.8, 4) is 0 Å². The summed E-state index contributed by atoms with van der Waals surface area (Å²) in [6.07, 6.45) is 4.32. The van der Waals surface area contributed by atoms with Crippen LogP contribution >= 0.6 is 0 Å². The molecule has 0 aliphatic heterocycles. The second-order valence-corrected chi connectivity index (χ2v) is 7.31. The monoisotopic (exact) mass is 247 g/mol. The van der Waals surface area contributed by atoms with E-state index in [4.69, 9.17) is 4.74 Å². The molecule has 0 heterocycles. The first-order chi connectivity index (χ1) is 7.26. The highest BCUT2D eigenvalue weighted by molar-refractivity contribution is 7.84. The van der Waals surface area contributed by atoms with E-state index < -0.39 is 10.8 Å². The van der Waals surface area contributed by atoms with E-state index in [2.05, 4.69) is 33.0 Å². The zero-order valence-corrected chi connectivity index (χ0v) is 11.9. The van der Waals surface area contributed by atoms with Gasteiger partial charge in [-0.1, -0.05) is 0 Å². The molecule has 16 heavy (non-hydrogen) atoms. The van der Waals surface area contributed by atoms with Crippen molar-refractivity contribution in [2.45, 2.75) is 64.3 Å². The summed E-state index contributed by atoms with van der Waals surface area (Å²) in [7, 11) is -0.708. The maximum absolute atomic E-state index is 11.0. The summed E-state index contributed by atoms with van der Waals surface area (Å²) in [4.78, 5) is 0. The first-order valence-electron chi connectivity index (χ1n) is 6.00. The quantitative estimate of drug-likeness (QED) is 0.803. The summed E-state index contributed by atoms with van der Waals surface area (Å²) in [5, 5.41) is 3.49. The van der Waals surface area contributed by atoms with Gasteiger partial charge in [-0.2, -0.15) is 0 Å². The van der Waals surface area contributed by atoms with Crippen molar-refractivity contribution in [2.75, 3.05) is 12.0 Å². The summed E-state index contributed by atoms with van der Waals surface area (Å²) in [6, 6.07) is 0.886. The van der Waals surface area contributed by atoms with Crippen molar-refractivity contribution in [1.82, 2.24) is 5.32 Å². The first kappa shape index (κ1) is 14.1. The Kier molecular flexibility index (Phi) is 4.95. The Hall–Kier alpha value is 0.0700. The molecule has 1 N–H and O–H groups in total. The second-order valence-electron chi connectivity index (χ2n) is 5.83. The van der Waals surface area contributed by atoms with Gasteiger partial charge >= 0.3 is 0 Å². The molecule has 0 radical (unpaired) electrons. The molecule has 1 fully saturated rings. The van der Waals surface area contributed by atoms with Crippen LogP contribution in [0.15, 0.2) is 0 Å². The summed E-state index contributed by atoms with van der Waals surface area (Å²) < 4.78 is 16.9. The molecule has 1 aliphatic rings. The lowest BCUT2D eigenvalue weighted by atomic mass is 9.88. The molecule has 2 atom stereocenters. The van der Waals surface area contributed by atoms with E-state index >= 15 is 0 Å². The van der Waals surface area contributed by atoms with E-state index in [-0.39, 0.29) is 5.60 Å². The van der Waals surface area contributed by atoms with Crippen LogP contribution < -0.4 is 5.32 Å². The largest absolute Gasteiger partial charge is 0.373 e. The van der Waals surface area contributed by atoms with Gasteiger partial charge in [-0.3, -0.25) is 4.21 Å². The van der Waals surface area contributed by atoms with Crippen LogP contribution in [0.4, 0.5) is 0 Å². The molecule has 1 rings (SSSR count). The predicted molar refractivity (Wildman–Crippen MR) is 69.2 cm³/mol. The number of nitrogens with one attached hydrogen (secondary N) is 1. The van der Waals surface area contributed by atoms with Crippen LogP contribution in [0.1, 0.15) is 40.5 Å². The van der Waals surface area contributed by atoms with Crippen LogP contribution in [-0.4, -0.2) is 40.0 Å². The predicted octanol–water partition coefficient (Wildman–Crippen LogP) is 1.69. The third kappa shape index (κ3) is 5.41. The van der Waals surface area contributed by atoms with E-state index in [1.165, 1.54) is 0 Å². The number of hydrogen-bond acceptors (Lipinski definition) is 3. The van der Waals surface area contributed by atoms with Crippen LogP contribution in [0.25, 0.3) is 0 Å². The normalized spacial score (nSPS) is 29.6. The van der Waals surface area contributed by atoms with E-state index in [1.54, 1.807) is 6.26 Å². The fourth-order valence-electron chi connectivity index (χ4n) is 2.10. The van der Waals surface area contributed by atoms with Gasteiger partial charge in [-0.15, -0.1) is 0 Å². The minimum Gasteiger partial charge on any atom is -0.373 e. The first-order valence-corrected chi connectivity index (χ1v) is 7.73. The zero-order chi connectivity index (χ0) is 12.3. The minimum atomic E-state index is -0.708. The fraction of sp³-hybridized carbons (Fsp3) is 1.00. The molecule has 3 nitrogen and oxygen atoms in total. The lowest BCUT2D eigenvalue weighted by Crippen LogP contribution is -2.51. The Bertz CT molecular complexity index is 244. The van der Waals surface area contributed by atoms with Crippen molar-refractivity contribution in [2.24, 2.45) is 0 Å². The Morgan fingerprint density at radius 1 is 1.44 bits per heavy atom. The highest BCUT2D eigenvalue weighted by Crippen LogP contribution is 2.27. The van der Waals surface area contributed by atoms with Crippen LogP contribution in [0.5, 0.6) is 0 Å². The van der Waals surface area contributed by atoms with Gasteiger partial charge in [0.1, 0.15) is 0 Å². The average Bonchev–Trinajstić information content (AvgIpc) is 1.95. The molecule has 0 saturated heterocycles. The standard InChI is InChI=1S/C12H25NO2S/c1-9(8-16(5)14)13-10-6-11(7-10)15-12(2,3)4/h9-11,13H,6-8H2,1-5H3. The Balaban J connectivity index is 2.14. The summed E-state index contributed by atoms with van der Waals surface area (Å²) in [6.45, 7) is 8.38. The van der Waals surface area contributed by atoms with Crippen molar-refractivity contribution in [3.63, 3.8) is 0 Å². The lowest BCUT2D eigenvalue weighted by Gasteiger charge is -2.40. The summed E-state index contributed by atoms with van der Waals surface area (Å²) in [5.41, 5.74) is -0.0355. The van der Waals surface area contributed by atoms with E-state index in [0.717, 1.165) is 18.6 Å². The second kappa shape index (κ2) is 5.61. The van der Waals surface area contributed by atoms with Crippen LogP contribution in [0, 0.1) is 0 Å². The number of ether oxygens (including phenoxy) is 1. The third-order valence-corrected chi connectivity index (χ3v) is 3.59. The Labute approximate surface area is 102 Å². The molecule has 1 saturated carbocycles. The molecular weight excluding hydrogens is 222 g/mol. The molecule has 4 heteroatoms. The number of rotatable bonds is 5. The molecule has 0 amide bonds. The highest BCUT2D eigenvalue weighted by atomic mass is 32.2. The Morgan fingerprint density at radius 3 is 2.44 bits per heavy atom. The fourth-order valence-corrected chi connectivity index (χ4v) is 2.90. The summed E-state index contributed by atoms with van der Waals surface area (Å²) >= 11 is 0. The van der Waals surface area contributed by atoms with E-state index in [9.17, 15) is 4.21 Å². The average molecular weight is 247 g/mol. The molecule has 0 aromatic rings. The zero-order valence-electron chi connectivity index (χ0n) is 11.1. The summed E-state index contributed by atoms with van der Waals surface area (Å²) in [5.74, 6) is 0.737. The van der Waals surface area contributed by atoms with Crippen LogP contribution in [-0.2, 0) is 15.5 Å². The van der Waals surface area contributed by atoms with Crippen LogP contribution in [0.3, 0.4) is 0 Å². The van der Waals surface area contributed by atoms with Crippen molar-refractivity contribution in [3.05, 3.63) is 0 Å². The van der Waals surface area contributed by atoms with Gasteiger partial charge in [0.2, 0.25) is 0 Å². The molecule has 0 spiro atoms. The maximum Gasteiger partial charge on any atom is 0.0612 e. The molecule has 0 aromatic carbocycles. The van der Waals surface area contributed by atoms with Gasteiger partial charge in [0.25, 0.3) is 0 Å². The number of hydrogen-bond donors (Lipinski definition) is 1. The highest BCUT2D eigenvalue weighted by Gasteiger charge is 2.33. The Morgan fingerprint density at radius 2 is 2.00 bits per heavy atom. The maximum atomic E-state index is 11.0. The van der Waals surface area contributed by atoms with Gasteiger partial charge in [-0.25, -0.2) is 0 Å². The van der Waals surface area contributed by atoms with Crippen molar-refractivity contribution < 1.29 is 8.95 Å². The molecule has 2 unspecified atom stereocenters. The SMILES string of the molecule is CC(CS(C)=O)NC1CC(OC(C)(C)C)C1. The van der Waals surface area contributed by atoms with Gasteiger partial charge in [0.15, 0.2) is 0 Å². The van der Waals surface area contributed by atoms with E-state index in [1.807, 2.05) is 0 Å². The van der Waals surface area contributed by atoms with Crippen LogP contribution in [0.2, 0.25) is 0 Å². The van der Waals surface area contributed by atoms with Crippen molar-refractivity contribution >= 4 is 10.8 Å². The van der Waals surface area contributed by atoms with Crippen molar-refractivity contribution in [1.29, 1.82) is 0 Å². The van der Waals surface area contributed by atoms with Gasteiger partial charge in [0, 0.05) is 34.9 Å². The molecule has 96 valence electrons. The molecule has 0 bridgehead atoms. The van der Waals surface area contributed by atoms with Gasteiger partial charge < -0.3 is 10.1 Å². The minimum absolute atomic E-state index is 0.0355.